The van der Waals surface area contributed by atoms with E-state index in [1.54, 1.807) is 19.4 Å². The summed E-state index contributed by atoms with van der Waals surface area (Å²) in [5.74, 6) is 1.02. The molecule has 1 aliphatic rings. The lowest BCUT2D eigenvalue weighted by Crippen LogP contribution is -2.20. The highest BCUT2D eigenvalue weighted by Crippen LogP contribution is 2.44. The van der Waals surface area contributed by atoms with Gasteiger partial charge in [0.2, 0.25) is 5.91 Å². The second-order valence-corrected chi connectivity index (χ2v) is 7.60. The van der Waals surface area contributed by atoms with Crippen LogP contribution in [0.15, 0.2) is 36.7 Å². The number of amides is 1. The van der Waals surface area contributed by atoms with Gasteiger partial charge in [-0.1, -0.05) is 45.0 Å². The first-order chi connectivity index (χ1) is 11.9. The van der Waals surface area contributed by atoms with Gasteiger partial charge in [-0.05, 0) is 23.0 Å². The van der Waals surface area contributed by atoms with Gasteiger partial charge in [-0.2, -0.15) is 0 Å². The second kappa shape index (κ2) is 6.82. The van der Waals surface area contributed by atoms with Crippen molar-refractivity contribution in [1.82, 2.24) is 15.3 Å². The lowest BCUT2D eigenvalue weighted by Gasteiger charge is -2.23. The molecule has 1 amide bonds. The van der Waals surface area contributed by atoms with Crippen LogP contribution in [-0.4, -0.2) is 22.9 Å². The van der Waals surface area contributed by atoms with Crippen LogP contribution in [0.2, 0.25) is 0 Å². The zero-order chi connectivity index (χ0) is 18.0. The maximum absolute atomic E-state index is 11.7. The molecule has 0 bridgehead atoms. The Kier molecular flexibility index (Phi) is 4.75. The molecule has 0 saturated carbocycles. The molecule has 5 nitrogen and oxygen atoms in total. The van der Waals surface area contributed by atoms with E-state index in [2.05, 4.69) is 65.6 Å². The zero-order valence-electron chi connectivity index (χ0n) is 15.3. The van der Waals surface area contributed by atoms with Gasteiger partial charge in [0.15, 0.2) is 0 Å². The third-order valence-electron chi connectivity index (χ3n) is 4.87. The molecule has 1 aliphatic heterocycles. The maximum Gasteiger partial charge on any atom is 0.219 e. The lowest BCUT2D eigenvalue weighted by molar-refractivity contribution is -0.120. The Labute approximate surface area is 149 Å². The molecule has 0 spiro atoms. The first kappa shape index (κ1) is 17.4. The summed E-state index contributed by atoms with van der Waals surface area (Å²) in [6, 6.07) is 8.83. The normalized spacial score (nSPS) is 19.2. The molecule has 1 aromatic carbocycles. The van der Waals surface area contributed by atoms with Crippen molar-refractivity contribution in [2.45, 2.75) is 51.0 Å². The van der Waals surface area contributed by atoms with Crippen LogP contribution in [-0.2, 0) is 10.2 Å². The van der Waals surface area contributed by atoms with Crippen molar-refractivity contribution in [3.8, 4) is 0 Å². The van der Waals surface area contributed by atoms with E-state index in [4.69, 9.17) is 0 Å². The number of benzene rings is 1. The molecule has 132 valence electrons. The molecular weight excluding hydrogens is 312 g/mol. The molecule has 25 heavy (non-hydrogen) atoms. The van der Waals surface area contributed by atoms with E-state index in [-0.39, 0.29) is 23.3 Å². The van der Waals surface area contributed by atoms with E-state index >= 15 is 0 Å². The highest BCUT2D eigenvalue weighted by molar-refractivity contribution is 5.75. The third kappa shape index (κ3) is 3.65. The fraction of sp³-hybridized carbons (Fsp3) is 0.450. The molecule has 0 fully saturated rings. The predicted octanol–water partition coefficient (Wildman–Crippen LogP) is 3.55. The summed E-state index contributed by atoms with van der Waals surface area (Å²) < 4.78 is 0. The second-order valence-electron chi connectivity index (χ2n) is 7.60. The first-order valence-corrected chi connectivity index (χ1v) is 8.78. The molecule has 2 atom stereocenters. The average Bonchev–Trinajstić information content (AvgIpc) is 2.97. The van der Waals surface area contributed by atoms with Crippen LogP contribution in [0.25, 0.3) is 0 Å². The summed E-state index contributed by atoms with van der Waals surface area (Å²) in [6.45, 7) is 6.64. The Bertz CT molecular complexity index is 749. The van der Waals surface area contributed by atoms with Gasteiger partial charge in [-0.25, -0.2) is 4.98 Å². The van der Waals surface area contributed by atoms with Crippen LogP contribution in [0.1, 0.15) is 62.4 Å². The smallest absolute Gasteiger partial charge is 0.219 e. The van der Waals surface area contributed by atoms with E-state index in [0.717, 1.165) is 17.9 Å². The van der Waals surface area contributed by atoms with E-state index < -0.39 is 0 Å². The van der Waals surface area contributed by atoms with Crippen LogP contribution in [0.5, 0.6) is 0 Å². The van der Waals surface area contributed by atoms with Gasteiger partial charge >= 0.3 is 0 Å². The average molecular weight is 338 g/mol. The number of carbonyl (C=O) groups excluding carboxylic acids is 1. The number of rotatable bonds is 4. The molecule has 0 radical (unpaired) electrons. The van der Waals surface area contributed by atoms with Gasteiger partial charge in [0.05, 0.1) is 11.7 Å². The van der Waals surface area contributed by atoms with Crippen molar-refractivity contribution in [1.29, 1.82) is 0 Å². The summed E-state index contributed by atoms with van der Waals surface area (Å²) in [4.78, 5) is 20.6. The quantitative estimate of drug-likeness (QED) is 0.895. The fourth-order valence-electron chi connectivity index (χ4n) is 3.36. The molecule has 2 heterocycles. The largest absolute Gasteiger partial charge is 0.361 e. The minimum Gasteiger partial charge on any atom is -0.361 e. The maximum atomic E-state index is 11.7. The number of nitrogens with zero attached hydrogens (tertiary/aromatic N) is 2. The Morgan fingerprint density at radius 3 is 2.48 bits per heavy atom. The Hall–Kier alpha value is -2.43. The van der Waals surface area contributed by atoms with Crippen LogP contribution >= 0.6 is 0 Å². The predicted molar refractivity (Wildman–Crippen MR) is 99.6 cm³/mol. The summed E-state index contributed by atoms with van der Waals surface area (Å²) >= 11 is 0. The molecule has 3 rings (SSSR count). The van der Waals surface area contributed by atoms with Gasteiger partial charge in [-0.3, -0.25) is 9.78 Å². The number of hydrogen-bond acceptors (Lipinski definition) is 4. The minimum absolute atomic E-state index is 0.0548. The molecule has 0 aliphatic carbocycles. The van der Waals surface area contributed by atoms with Crippen LogP contribution in [0.4, 0.5) is 5.82 Å². The number of fused-ring (bicyclic) bond motifs is 1. The molecule has 2 unspecified atom stereocenters. The first-order valence-electron chi connectivity index (χ1n) is 8.78. The SMILES string of the molecule is CNC(=O)CCC1c2nccnc2NC1c1ccc(C(C)(C)C)cc1. The van der Waals surface area contributed by atoms with Crippen LogP contribution < -0.4 is 10.6 Å². The number of carbonyl (C=O) groups is 1. The Morgan fingerprint density at radius 1 is 1.16 bits per heavy atom. The lowest BCUT2D eigenvalue weighted by atomic mass is 9.84. The highest BCUT2D eigenvalue weighted by atomic mass is 16.1. The molecule has 2 aromatic rings. The van der Waals surface area contributed by atoms with E-state index in [1.165, 1.54) is 11.1 Å². The van der Waals surface area contributed by atoms with Gasteiger partial charge in [0, 0.05) is 31.8 Å². The number of anilines is 1. The molecule has 0 saturated heterocycles. The monoisotopic (exact) mass is 338 g/mol. The Balaban J connectivity index is 1.87. The number of hydrogen-bond donors (Lipinski definition) is 2. The Morgan fingerprint density at radius 2 is 1.84 bits per heavy atom. The minimum atomic E-state index is 0.0548. The third-order valence-corrected chi connectivity index (χ3v) is 4.87. The molecular formula is C20H26N4O. The van der Waals surface area contributed by atoms with Gasteiger partial charge in [0.25, 0.3) is 0 Å². The number of nitrogens with one attached hydrogen (secondary N) is 2. The van der Waals surface area contributed by atoms with Crippen molar-refractivity contribution >= 4 is 11.7 Å². The number of aromatic nitrogens is 2. The van der Waals surface area contributed by atoms with Crippen molar-refractivity contribution < 1.29 is 4.79 Å². The molecule has 1 aromatic heterocycles. The van der Waals surface area contributed by atoms with Crippen molar-refractivity contribution in [3.05, 3.63) is 53.5 Å². The standard InChI is InChI=1S/C20H26N4O/c1-20(2,3)14-7-5-13(6-8-14)17-15(9-10-16(25)21-4)18-19(24-17)23-12-11-22-18/h5-8,11-12,15,17H,9-10H2,1-4H3,(H,21,25)(H,23,24). The van der Waals surface area contributed by atoms with Crippen LogP contribution in [0, 0.1) is 0 Å². The summed E-state index contributed by atoms with van der Waals surface area (Å²) in [5, 5.41) is 6.19. The van der Waals surface area contributed by atoms with E-state index in [1.807, 2.05) is 0 Å². The van der Waals surface area contributed by atoms with Crippen molar-refractivity contribution in [2.24, 2.45) is 0 Å². The van der Waals surface area contributed by atoms with Crippen LogP contribution in [0.3, 0.4) is 0 Å². The molecule has 2 N–H and O–H groups in total. The van der Waals surface area contributed by atoms with Crippen molar-refractivity contribution in [2.75, 3.05) is 12.4 Å². The van der Waals surface area contributed by atoms with Gasteiger partial charge < -0.3 is 10.6 Å². The fourth-order valence-corrected chi connectivity index (χ4v) is 3.36. The summed E-state index contributed by atoms with van der Waals surface area (Å²) in [7, 11) is 1.67. The molecule has 5 heteroatoms. The highest BCUT2D eigenvalue weighted by Gasteiger charge is 2.35. The van der Waals surface area contributed by atoms with Gasteiger partial charge in [0.1, 0.15) is 5.82 Å². The van der Waals surface area contributed by atoms with Crippen molar-refractivity contribution in [3.63, 3.8) is 0 Å². The van der Waals surface area contributed by atoms with E-state index in [0.29, 0.717) is 6.42 Å². The summed E-state index contributed by atoms with van der Waals surface area (Å²) in [5.41, 5.74) is 3.60. The van der Waals surface area contributed by atoms with E-state index in [9.17, 15) is 4.79 Å². The summed E-state index contributed by atoms with van der Waals surface area (Å²) in [6.07, 6.45) is 4.64. The van der Waals surface area contributed by atoms with Gasteiger partial charge in [-0.15, -0.1) is 0 Å². The topological polar surface area (TPSA) is 66.9 Å². The zero-order valence-corrected chi connectivity index (χ0v) is 15.3.